The smallest absolute Gasteiger partial charge is 0.0624 e. The van der Waals surface area contributed by atoms with Crippen LogP contribution in [0.1, 0.15) is 39.4 Å². The molecular formula is C13H21NO. The third-order valence-electron chi connectivity index (χ3n) is 3.63. The van der Waals surface area contributed by atoms with E-state index >= 15 is 0 Å². The summed E-state index contributed by atoms with van der Waals surface area (Å²) in [6.45, 7) is 10.5. The van der Waals surface area contributed by atoms with Gasteiger partial charge in [0.25, 0.3) is 0 Å². The zero-order valence-electron chi connectivity index (χ0n) is 10.3. The quantitative estimate of drug-likeness (QED) is 0.781. The SMILES string of the molecule is Cc1c(C)c(C)c([C@H](N)CO)c(C)c1C. The maximum atomic E-state index is 9.16. The zero-order chi connectivity index (χ0) is 11.7. The van der Waals surface area contributed by atoms with Gasteiger partial charge >= 0.3 is 0 Å². The summed E-state index contributed by atoms with van der Waals surface area (Å²) >= 11 is 0. The van der Waals surface area contributed by atoms with Crippen LogP contribution >= 0.6 is 0 Å². The highest BCUT2D eigenvalue weighted by molar-refractivity contribution is 5.50. The van der Waals surface area contributed by atoms with Crippen molar-refractivity contribution < 1.29 is 5.11 Å². The Bertz CT molecular complexity index is 354. The number of rotatable bonds is 2. The molecular weight excluding hydrogens is 186 g/mol. The van der Waals surface area contributed by atoms with Crippen LogP contribution in [0.15, 0.2) is 0 Å². The minimum atomic E-state index is -0.261. The summed E-state index contributed by atoms with van der Waals surface area (Å²) < 4.78 is 0. The average molecular weight is 207 g/mol. The van der Waals surface area contributed by atoms with Crippen molar-refractivity contribution in [3.05, 3.63) is 33.4 Å². The fourth-order valence-electron chi connectivity index (χ4n) is 2.18. The summed E-state index contributed by atoms with van der Waals surface area (Å²) in [7, 11) is 0. The van der Waals surface area contributed by atoms with Crippen LogP contribution in [-0.4, -0.2) is 11.7 Å². The normalized spacial score (nSPS) is 13.0. The first-order chi connectivity index (χ1) is 6.91. The highest BCUT2D eigenvalue weighted by Crippen LogP contribution is 2.29. The zero-order valence-corrected chi connectivity index (χ0v) is 10.3. The van der Waals surface area contributed by atoms with Gasteiger partial charge in [0.2, 0.25) is 0 Å². The fraction of sp³-hybridized carbons (Fsp3) is 0.538. The highest BCUT2D eigenvalue weighted by atomic mass is 16.3. The van der Waals surface area contributed by atoms with E-state index in [1.807, 2.05) is 0 Å². The molecule has 1 rings (SSSR count). The lowest BCUT2D eigenvalue weighted by Gasteiger charge is -2.21. The summed E-state index contributed by atoms with van der Waals surface area (Å²) in [4.78, 5) is 0. The molecule has 0 aliphatic rings. The number of hydrogen-bond acceptors (Lipinski definition) is 2. The van der Waals surface area contributed by atoms with E-state index in [-0.39, 0.29) is 12.6 Å². The number of aliphatic hydroxyl groups excluding tert-OH is 1. The van der Waals surface area contributed by atoms with Crippen LogP contribution < -0.4 is 5.73 Å². The third-order valence-corrected chi connectivity index (χ3v) is 3.63. The maximum absolute atomic E-state index is 9.16. The van der Waals surface area contributed by atoms with Crippen LogP contribution in [0.25, 0.3) is 0 Å². The largest absolute Gasteiger partial charge is 0.394 e. The van der Waals surface area contributed by atoms with Gasteiger partial charge in [-0.25, -0.2) is 0 Å². The van der Waals surface area contributed by atoms with Crippen molar-refractivity contribution in [2.24, 2.45) is 5.73 Å². The molecule has 0 unspecified atom stereocenters. The van der Waals surface area contributed by atoms with Gasteiger partial charge in [0.1, 0.15) is 0 Å². The van der Waals surface area contributed by atoms with E-state index < -0.39 is 0 Å². The molecule has 15 heavy (non-hydrogen) atoms. The molecule has 0 bridgehead atoms. The molecule has 0 saturated heterocycles. The number of hydrogen-bond donors (Lipinski definition) is 2. The molecule has 0 spiro atoms. The van der Waals surface area contributed by atoms with Gasteiger partial charge < -0.3 is 10.8 Å². The Morgan fingerprint density at radius 1 is 0.867 bits per heavy atom. The van der Waals surface area contributed by atoms with Crippen LogP contribution in [-0.2, 0) is 0 Å². The van der Waals surface area contributed by atoms with Crippen molar-refractivity contribution in [3.8, 4) is 0 Å². The van der Waals surface area contributed by atoms with Gasteiger partial charge in [-0.1, -0.05) is 0 Å². The molecule has 0 radical (unpaired) electrons. The molecule has 0 amide bonds. The van der Waals surface area contributed by atoms with Crippen molar-refractivity contribution in [3.63, 3.8) is 0 Å². The first-order valence-corrected chi connectivity index (χ1v) is 5.35. The van der Waals surface area contributed by atoms with Crippen LogP contribution in [0.5, 0.6) is 0 Å². The van der Waals surface area contributed by atoms with E-state index in [0.717, 1.165) is 5.56 Å². The minimum absolute atomic E-state index is 0.00359. The molecule has 0 aliphatic heterocycles. The molecule has 0 aliphatic carbocycles. The van der Waals surface area contributed by atoms with Crippen LogP contribution in [0.3, 0.4) is 0 Å². The lowest BCUT2D eigenvalue weighted by atomic mass is 9.87. The predicted molar refractivity (Wildman–Crippen MR) is 64.1 cm³/mol. The average Bonchev–Trinajstić information content (AvgIpc) is 2.23. The van der Waals surface area contributed by atoms with Gasteiger partial charge in [0.05, 0.1) is 12.6 Å². The van der Waals surface area contributed by atoms with Gasteiger partial charge in [0, 0.05) is 0 Å². The van der Waals surface area contributed by atoms with Crippen molar-refractivity contribution in [2.45, 2.75) is 40.7 Å². The van der Waals surface area contributed by atoms with Crippen molar-refractivity contribution in [1.82, 2.24) is 0 Å². The molecule has 1 atom stereocenters. The minimum Gasteiger partial charge on any atom is -0.394 e. The van der Waals surface area contributed by atoms with Gasteiger partial charge in [-0.05, 0) is 68.0 Å². The van der Waals surface area contributed by atoms with Crippen LogP contribution in [0.4, 0.5) is 0 Å². The van der Waals surface area contributed by atoms with Crippen molar-refractivity contribution in [1.29, 1.82) is 0 Å². The Hall–Kier alpha value is -0.860. The van der Waals surface area contributed by atoms with Gasteiger partial charge in [-0.15, -0.1) is 0 Å². The van der Waals surface area contributed by atoms with E-state index in [1.165, 1.54) is 27.8 Å². The highest BCUT2D eigenvalue weighted by Gasteiger charge is 2.16. The number of nitrogens with two attached hydrogens (primary N) is 1. The summed E-state index contributed by atoms with van der Waals surface area (Å²) in [6.07, 6.45) is 0. The molecule has 0 heterocycles. The molecule has 0 fully saturated rings. The third kappa shape index (κ3) is 1.92. The summed E-state index contributed by atoms with van der Waals surface area (Å²) in [6, 6.07) is -0.261. The number of aliphatic hydroxyl groups is 1. The molecule has 1 aromatic carbocycles. The molecule has 3 N–H and O–H groups in total. The summed E-state index contributed by atoms with van der Waals surface area (Å²) in [5.41, 5.74) is 13.4. The van der Waals surface area contributed by atoms with Crippen LogP contribution in [0.2, 0.25) is 0 Å². The predicted octanol–water partition coefficient (Wildman–Crippen LogP) is 2.22. The second-order valence-electron chi connectivity index (χ2n) is 4.33. The Morgan fingerprint density at radius 3 is 1.53 bits per heavy atom. The molecule has 84 valence electrons. The second-order valence-corrected chi connectivity index (χ2v) is 4.33. The topological polar surface area (TPSA) is 46.2 Å². The molecule has 0 saturated carbocycles. The Labute approximate surface area is 92.1 Å². The van der Waals surface area contributed by atoms with Crippen LogP contribution in [0, 0.1) is 34.6 Å². The maximum Gasteiger partial charge on any atom is 0.0624 e. The van der Waals surface area contributed by atoms with E-state index in [0.29, 0.717) is 0 Å². The monoisotopic (exact) mass is 207 g/mol. The Kier molecular flexibility index (Phi) is 3.53. The lowest BCUT2D eigenvalue weighted by molar-refractivity contribution is 0.267. The molecule has 2 heteroatoms. The van der Waals surface area contributed by atoms with Gasteiger partial charge in [-0.3, -0.25) is 0 Å². The first-order valence-electron chi connectivity index (χ1n) is 5.35. The van der Waals surface area contributed by atoms with Crippen molar-refractivity contribution >= 4 is 0 Å². The molecule has 0 aromatic heterocycles. The molecule has 2 nitrogen and oxygen atoms in total. The van der Waals surface area contributed by atoms with Gasteiger partial charge in [0.15, 0.2) is 0 Å². The van der Waals surface area contributed by atoms with E-state index in [1.54, 1.807) is 0 Å². The molecule has 1 aromatic rings. The van der Waals surface area contributed by atoms with Gasteiger partial charge in [-0.2, -0.15) is 0 Å². The summed E-state index contributed by atoms with van der Waals surface area (Å²) in [5.74, 6) is 0. The second kappa shape index (κ2) is 4.33. The lowest BCUT2D eigenvalue weighted by Crippen LogP contribution is -2.19. The van der Waals surface area contributed by atoms with E-state index in [4.69, 9.17) is 10.8 Å². The Balaban J connectivity index is 3.52. The summed E-state index contributed by atoms with van der Waals surface area (Å²) in [5, 5.41) is 9.16. The first kappa shape index (κ1) is 12.2. The van der Waals surface area contributed by atoms with E-state index in [9.17, 15) is 0 Å². The number of benzene rings is 1. The fourth-order valence-corrected chi connectivity index (χ4v) is 2.18. The Morgan fingerprint density at radius 2 is 1.20 bits per heavy atom. The standard InChI is InChI=1S/C13H21NO/c1-7-8(2)10(4)13(12(14)6-15)11(5)9(7)3/h12,15H,6,14H2,1-5H3/t12-/m1/s1. The van der Waals surface area contributed by atoms with Crippen molar-refractivity contribution in [2.75, 3.05) is 6.61 Å². The van der Waals surface area contributed by atoms with E-state index in [2.05, 4.69) is 34.6 Å².